The lowest BCUT2D eigenvalue weighted by Gasteiger charge is -2.36. The van der Waals surface area contributed by atoms with E-state index >= 15 is 0 Å². The summed E-state index contributed by atoms with van der Waals surface area (Å²) >= 11 is 0. The number of ether oxygens (including phenoxy) is 4. The van der Waals surface area contributed by atoms with Crippen LogP contribution in [0, 0.1) is 34.0 Å². The number of rotatable bonds is 11. The minimum Gasteiger partial charge on any atom is -0.497 e. The van der Waals surface area contributed by atoms with Crippen molar-refractivity contribution in [2.24, 2.45) is 11.3 Å². The van der Waals surface area contributed by atoms with E-state index < -0.39 is 5.41 Å². The van der Waals surface area contributed by atoms with Crippen molar-refractivity contribution in [1.82, 2.24) is 0 Å². The molecule has 0 radical (unpaired) electrons. The molecule has 0 saturated heterocycles. The molecule has 0 aromatic heterocycles. The molecule has 37 heavy (non-hydrogen) atoms. The Kier molecular flexibility index (Phi) is 9.41. The Morgan fingerprint density at radius 2 is 1.62 bits per heavy atom. The van der Waals surface area contributed by atoms with Crippen molar-refractivity contribution in [3.05, 3.63) is 77.9 Å². The average molecular weight is 499 g/mol. The van der Waals surface area contributed by atoms with Crippen molar-refractivity contribution < 1.29 is 18.9 Å². The van der Waals surface area contributed by atoms with E-state index in [1.54, 1.807) is 34.5 Å². The SMILES string of the molecule is C=CCC(C#N)(C#N)C1=CCCCC1C(C=Cc1cc(OC)ccc1OC)c1cc(OC)ccc1OC. The molecule has 2 aromatic rings. The molecule has 0 aliphatic heterocycles. The van der Waals surface area contributed by atoms with Crippen LogP contribution >= 0.6 is 0 Å². The van der Waals surface area contributed by atoms with Crippen LogP contribution in [0.1, 0.15) is 42.7 Å². The Morgan fingerprint density at radius 1 is 0.973 bits per heavy atom. The molecule has 0 fully saturated rings. The molecule has 2 unspecified atom stereocenters. The fourth-order valence-electron chi connectivity index (χ4n) is 5.08. The van der Waals surface area contributed by atoms with Crippen LogP contribution in [0.4, 0.5) is 0 Å². The first-order valence-electron chi connectivity index (χ1n) is 12.3. The Balaban J connectivity index is 2.24. The summed E-state index contributed by atoms with van der Waals surface area (Å²) in [5.74, 6) is 2.52. The fraction of sp³-hybridized carbons (Fsp3) is 0.355. The average Bonchev–Trinajstić information content (AvgIpc) is 2.96. The first-order valence-corrected chi connectivity index (χ1v) is 12.3. The molecule has 2 aromatic carbocycles. The van der Waals surface area contributed by atoms with Crippen LogP contribution < -0.4 is 18.9 Å². The van der Waals surface area contributed by atoms with E-state index in [4.69, 9.17) is 18.9 Å². The molecule has 1 aliphatic rings. The van der Waals surface area contributed by atoms with Crippen molar-refractivity contribution in [3.8, 4) is 35.1 Å². The molecule has 2 atom stereocenters. The Morgan fingerprint density at radius 3 is 2.22 bits per heavy atom. The summed E-state index contributed by atoms with van der Waals surface area (Å²) < 4.78 is 22.3. The van der Waals surface area contributed by atoms with Gasteiger partial charge in [-0.05, 0) is 67.2 Å². The zero-order valence-corrected chi connectivity index (χ0v) is 22.0. The van der Waals surface area contributed by atoms with Crippen LogP contribution in [0.3, 0.4) is 0 Å². The van der Waals surface area contributed by atoms with E-state index in [1.165, 1.54) is 0 Å². The van der Waals surface area contributed by atoms with Gasteiger partial charge in [0.1, 0.15) is 23.0 Å². The lowest BCUT2D eigenvalue weighted by atomic mass is 9.65. The topological polar surface area (TPSA) is 84.5 Å². The van der Waals surface area contributed by atoms with E-state index in [2.05, 4.69) is 30.9 Å². The molecule has 0 heterocycles. The second-order valence-corrected chi connectivity index (χ2v) is 8.92. The number of nitriles is 2. The van der Waals surface area contributed by atoms with Gasteiger partial charge in [0.25, 0.3) is 0 Å². The lowest BCUT2D eigenvalue weighted by molar-refractivity contribution is 0.374. The largest absolute Gasteiger partial charge is 0.497 e. The zero-order valence-electron chi connectivity index (χ0n) is 22.0. The number of methoxy groups -OCH3 is 4. The first kappa shape index (κ1) is 27.4. The number of nitrogens with zero attached hydrogens (tertiary/aromatic N) is 2. The predicted molar refractivity (Wildman–Crippen MR) is 145 cm³/mol. The normalized spacial score (nSPS) is 16.2. The van der Waals surface area contributed by atoms with Gasteiger partial charge in [-0.2, -0.15) is 10.5 Å². The van der Waals surface area contributed by atoms with Crippen LogP contribution in [-0.2, 0) is 0 Å². The van der Waals surface area contributed by atoms with Gasteiger partial charge in [-0.3, -0.25) is 0 Å². The molecule has 0 amide bonds. The second-order valence-electron chi connectivity index (χ2n) is 8.92. The monoisotopic (exact) mass is 498 g/mol. The minimum atomic E-state index is -1.28. The van der Waals surface area contributed by atoms with E-state index in [-0.39, 0.29) is 18.3 Å². The number of hydrogen-bond acceptors (Lipinski definition) is 6. The molecular formula is C31H34N2O4. The second kappa shape index (κ2) is 12.7. The highest BCUT2D eigenvalue weighted by molar-refractivity contribution is 5.61. The zero-order chi connectivity index (χ0) is 26.8. The van der Waals surface area contributed by atoms with Crippen molar-refractivity contribution in [2.75, 3.05) is 28.4 Å². The standard InChI is InChI=1S/C31H34N2O4/c1-6-17-31(20-32,21-33)28-10-8-7-9-26(28)25(27-19-24(35-3)13-16-30(27)37-5)14-11-22-18-23(34-2)12-15-29(22)36-4/h6,10-16,18-19,25-26H,1,7-9,17H2,2-5H3. The molecule has 0 saturated carbocycles. The third kappa shape index (κ3) is 5.81. The van der Waals surface area contributed by atoms with E-state index in [0.717, 1.165) is 36.0 Å². The lowest BCUT2D eigenvalue weighted by Crippen LogP contribution is -2.29. The van der Waals surface area contributed by atoms with Crippen LogP contribution in [0.2, 0.25) is 0 Å². The van der Waals surface area contributed by atoms with Gasteiger partial charge in [0, 0.05) is 23.5 Å². The maximum atomic E-state index is 10.2. The van der Waals surface area contributed by atoms with Gasteiger partial charge in [-0.25, -0.2) is 0 Å². The molecule has 6 heteroatoms. The van der Waals surface area contributed by atoms with Crippen LogP contribution in [-0.4, -0.2) is 28.4 Å². The Labute approximate surface area is 220 Å². The summed E-state index contributed by atoms with van der Waals surface area (Å²) in [6, 6.07) is 16.0. The van der Waals surface area contributed by atoms with Crippen LogP contribution in [0.25, 0.3) is 6.08 Å². The molecule has 192 valence electrons. The third-order valence-corrected chi connectivity index (χ3v) is 6.96. The maximum Gasteiger partial charge on any atom is 0.168 e. The highest BCUT2D eigenvalue weighted by Crippen LogP contribution is 2.49. The predicted octanol–water partition coefficient (Wildman–Crippen LogP) is 6.85. The highest BCUT2D eigenvalue weighted by Gasteiger charge is 2.42. The summed E-state index contributed by atoms with van der Waals surface area (Å²) in [6.07, 6.45) is 10.7. The van der Waals surface area contributed by atoms with Gasteiger partial charge in [-0.15, -0.1) is 6.58 Å². The number of hydrogen-bond donors (Lipinski definition) is 0. The summed E-state index contributed by atoms with van der Waals surface area (Å²) in [5.41, 5.74) is 1.33. The van der Waals surface area contributed by atoms with Gasteiger partial charge < -0.3 is 18.9 Å². The Bertz CT molecular complexity index is 1230. The van der Waals surface area contributed by atoms with Gasteiger partial charge in [0.15, 0.2) is 5.41 Å². The number of allylic oxidation sites excluding steroid dienone is 4. The molecule has 3 rings (SSSR count). The van der Waals surface area contributed by atoms with Crippen molar-refractivity contribution in [2.45, 2.75) is 31.6 Å². The maximum absolute atomic E-state index is 10.2. The molecule has 6 nitrogen and oxygen atoms in total. The summed E-state index contributed by atoms with van der Waals surface area (Å²) in [6.45, 7) is 3.82. The van der Waals surface area contributed by atoms with E-state index in [1.807, 2.05) is 42.5 Å². The van der Waals surface area contributed by atoms with E-state index in [9.17, 15) is 10.5 Å². The van der Waals surface area contributed by atoms with Gasteiger partial charge >= 0.3 is 0 Å². The summed E-state index contributed by atoms with van der Waals surface area (Å²) in [7, 11) is 6.53. The summed E-state index contributed by atoms with van der Waals surface area (Å²) in [5, 5.41) is 20.4. The van der Waals surface area contributed by atoms with Crippen LogP contribution in [0.5, 0.6) is 23.0 Å². The summed E-state index contributed by atoms with van der Waals surface area (Å²) in [4.78, 5) is 0. The van der Waals surface area contributed by atoms with Crippen molar-refractivity contribution in [3.63, 3.8) is 0 Å². The van der Waals surface area contributed by atoms with Crippen molar-refractivity contribution in [1.29, 1.82) is 10.5 Å². The Hall–Kier alpha value is -4.16. The van der Waals surface area contributed by atoms with Crippen LogP contribution in [0.15, 0.2) is 66.8 Å². The van der Waals surface area contributed by atoms with Gasteiger partial charge in [-0.1, -0.05) is 24.3 Å². The van der Waals surface area contributed by atoms with Gasteiger partial charge in [0.2, 0.25) is 0 Å². The van der Waals surface area contributed by atoms with Gasteiger partial charge in [0.05, 0.1) is 40.6 Å². The molecule has 0 spiro atoms. The highest BCUT2D eigenvalue weighted by atomic mass is 16.5. The fourth-order valence-corrected chi connectivity index (χ4v) is 5.08. The molecular weight excluding hydrogens is 464 g/mol. The molecule has 1 aliphatic carbocycles. The van der Waals surface area contributed by atoms with E-state index in [0.29, 0.717) is 23.0 Å². The molecule has 0 N–H and O–H groups in total. The first-order chi connectivity index (χ1) is 18.0. The smallest absolute Gasteiger partial charge is 0.168 e. The minimum absolute atomic E-state index is 0.109. The quantitative estimate of drug-likeness (QED) is 0.315. The number of benzene rings is 2. The van der Waals surface area contributed by atoms with Crippen molar-refractivity contribution >= 4 is 6.08 Å². The third-order valence-electron chi connectivity index (χ3n) is 6.96. The molecule has 0 bridgehead atoms.